The van der Waals surface area contributed by atoms with Gasteiger partial charge in [0.05, 0.1) is 24.6 Å². The van der Waals surface area contributed by atoms with Crippen molar-refractivity contribution in [1.82, 2.24) is 14.9 Å². The van der Waals surface area contributed by atoms with E-state index in [4.69, 9.17) is 0 Å². The van der Waals surface area contributed by atoms with E-state index in [1.165, 1.54) is 4.90 Å². The van der Waals surface area contributed by atoms with E-state index in [0.717, 1.165) is 6.54 Å². The molecule has 1 N–H and O–H groups in total. The van der Waals surface area contributed by atoms with Crippen molar-refractivity contribution in [2.45, 2.75) is 40.2 Å². The molecule has 0 unspecified atom stereocenters. The number of rotatable bonds is 4. The zero-order valence-corrected chi connectivity index (χ0v) is 12.1. The first-order valence-electron chi connectivity index (χ1n) is 6.79. The molecule has 1 fully saturated rings. The Labute approximate surface area is 118 Å². The number of piperidine rings is 1. The number of likely N-dealkylation sites (tertiary alicyclic amines) is 1. The Morgan fingerprint density at radius 2 is 1.85 bits per heavy atom. The van der Waals surface area contributed by atoms with Crippen LogP contribution in [0.5, 0.6) is 0 Å². The van der Waals surface area contributed by atoms with Gasteiger partial charge in [-0.1, -0.05) is 13.8 Å². The fraction of sp³-hybridized carbons (Fsp3) is 0.571. The molecule has 0 atom stereocenters. The number of aromatic nitrogens is 2. The van der Waals surface area contributed by atoms with Crippen molar-refractivity contribution >= 4 is 17.6 Å². The van der Waals surface area contributed by atoms with Crippen molar-refractivity contribution in [1.29, 1.82) is 0 Å². The van der Waals surface area contributed by atoms with Gasteiger partial charge in [-0.25, -0.2) is 4.98 Å². The van der Waals surface area contributed by atoms with E-state index in [9.17, 15) is 9.59 Å². The van der Waals surface area contributed by atoms with Crippen LogP contribution in [0, 0.1) is 5.41 Å². The molecule has 0 radical (unpaired) electrons. The van der Waals surface area contributed by atoms with Gasteiger partial charge in [-0.2, -0.15) is 0 Å². The van der Waals surface area contributed by atoms with E-state index in [-0.39, 0.29) is 23.8 Å². The molecule has 2 amide bonds. The number of nitrogens with one attached hydrogen (secondary N) is 1. The van der Waals surface area contributed by atoms with Crippen molar-refractivity contribution in [3.63, 3.8) is 0 Å². The lowest BCUT2D eigenvalue weighted by atomic mass is 9.82. The van der Waals surface area contributed by atoms with Gasteiger partial charge in [0.1, 0.15) is 5.82 Å². The van der Waals surface area contributed by atoms with Gasteiger partial charge in [0.2, 0.25) is 11.8 Å². The summed E-state index contributed by atoms with van der Waals surface area (Å²) in [5.41, 5.74) is 0.374. The average molecular weight is 276 g/mol. The topological polar surface area (TPSA) is 75.2 Å². The summed E-state index contributed by atoms with van der Waals surface area (Å²) in [6, 6.07) is 0. The molecule has 0 bridgehead atoms. The van der Waals surface area contributed by atoms with Crippen LogP contribution in [0.15, 0.2) is 12.4 Å². The summed E-state index contributed by atoms with van der Waals surface area (Å²) in [6.45, 7) is 6.82. The molecule has 0 aromatic carbocycles. The summed E-state index contributed by atoms with van der Waals surface area (Å²) in [5.74, 6) is 0.418. The Morgan fingerprint density at radius 1 is 1.20 bits per heavy atom. The Bertz CT molecular complexity index is 490. The van der Waals surface area contributed by atoms with Gasteiger partial charge in [-0.3, -0.25) is 19.5 Å². The van der Waals surface area contributed by atoms with Crippen LogP contribution in [0.1, 0.15) is 39.3 Å². The number of nitrogens with zero attached hydrogens (tertiary/aromatic N) is 3. The number of hydrogen-bond donors (Lipinski definition) is 1. The molecule has 6 heteroatoms. The van der Waals surface area contributed by atoms with Crippen molar-refractivity contribution in [2.24, 2.45) is 5.41 Å². The Balaban J connectivity index is 2.06. The summed E-state index contributed by atoms with van der Waals surface area (Å²) in [4.78, 5) is 33.8. The molecule has 0 aliphatic carbocycles. The van der Waals surface area contributed by atoms with Gasteiger partial charge in [-0.05, 0) is 12.3 Å². The van der Waals surface area contributed by atoms with Crippen LogP contribution in [-0.4, -0.2) is 33.2 Å². The largest absolute Gasteiger partial charge is 0.369 e. The van der Waals surface area contributed by atoms with Crippen LogP contribution >= 0.6 is 0 Å². The summed E-state index contributed by atoms with van der Waals surface area (Å²) in [5, 5.41) is 3.05. The van der Waals surface area contributed by atoms with Gasteiger partial charge in [0, 0.05) is 19.4 Å². The van der Waals surface area contributed by atoms with Crippen LogP contribution in [-0.2, 0) is 16.1 Å². The van der Waals surface area contributed by atoms with Gasteiger partial charge < -0.3 is 5.32 Å². The summed E-state index contributed by atoms with van der Waals surface area (Å²) in [7, 11) is 0. The molecule has 20 heavy (non-hydrogen) atoms. The van der Waals surface area contributed by atoms with Crippen LogP contribution in [0.2, 0.25) is 0 Å². The maximum Gasteiger partial charge on any atom is 0.230 e. The second-order valence-electron chi connectivity index (χ2n) is 5.81. The number of anilines is 1. The first-order valence-corrected chi connectivity index (χ1v) is 6.79. The Hall–Kier alpha value is -1.98. The number of amides is 2. The zero-order chi connectivity index (χ0) is 14.8. The van der Waals surface area contributed by atoms with Crippen LogP contribution in [0.3, 0.4) is 0 Å². The molecular formula is C14H20N4O2. The van der Waals surface area contributed by atoms with Crippen molar-refractivity contribution in [3.8, 4) is 0 Å². The number of imide groups is 1. The highest BCUT2D eigenvalue weighted by Crippen LogP contribution is 2.31. The third kappa shape index (κ3) is 3.31. The highest BCUT2D eigenvalue weighted by Gasteiger charge is 2.37. The third-order valence-electron chi connectivity index (χ3n) is 3.24. The highest BCUT2D eigenvalue weighted by atomic mass is 16.2. The predicted octanol–water partition coefficient (Wildman–Crippen LogP) is 1.58. The minimum atomic E-state index is -0.245. The van der Waals surface area contributed by atoms with Gasteiger partial charge in [0.25, 0.3) is 0 Å². The number of hydrogen-bond acceptors (Lipinski definition) is 5. The first-order chi connectivity index (χ1) is 9.41. The predicted molar refractivity (Wildman–Crippen MR) is 74.8 cm³/mol. The SMILES string of the molecule is CCNc1cnc(CN2C(=O)CC(C)(C)CC2=O)cn1. The molecule has 2 rings (SSSR count). The average Bonchev–Trinajstić information content (AvgIpc) is 2.35. The molecular weight excluding hydrogens is 256 g/mol. The molecule has 1 aromatic heterocycles. The minimum Gasteiger partial charge on any atom is -0.369 e. The normalized spacial score (nSPS) is 18.2. The summed E-state index contributed by atoms with van der Waals surface area (Å²) >= 11 is 0. The fourth-order valence-corrected chi connectivity index (χ4v) is 2.26. The first kappa shape index (κ1) is 14.4. The van der Waals surface area contributed by atoms with E-state index in [1.807, 2.05) is 20.8 Å². The van der Waals surface area contributed by atoms with Gasteiger partial charge >= 0.3 is 0 Å². The lowest BCUT2D eigenvalue weighted by Gasteiger charge is -2.34. The van der Waals surface area contributed by atoms with Gasteiger partial charge in [-0.15, -0.1) is 0 Å². The second kappa shape index (κ2) is 5.56. The molecule has 1 saturated heterocycles. The quantitative estimate of drug-likeness (QED) is 0.845. The fourth-order valence-electron chi connectivity index (χ4n) is 2.26. The molecule has 6 nitrogen and oxygen atoms in total. The van der Waals surface area contributed by atoms with E-state index in [0.29, 0.717) is 24.4 Å². The molecule has 108 valence electrons. The number of carbonyl (C=O) groups excluding carboxylic acids is 2. The minimum absolute atomic E-state index is 0.135. The van der Waals surface area contributed by atoms with Crippen LogP contribution < -0.4 is 5.32 Å². The standard InChI is InChI=1S/C14H20N4O2/c1-4-15-11-8-16-10(7-17-11)9-18-12(19)5-14(2,3)6-13(18)20/h7-8H,4-6,9H2,1-3H3,(H,15,17). The monoisotopic (exact) mass is 276 g/mol. The van der Waals surface area contributed by atoms with Crippen LogP contribution in [0.25, 0.3) is 0 Å². The van der Waals surface area contributed by atoms with E-state index in [1.54, 1.807) is 12.4 Å². The highest BCUT2D eigenvalue weighted by molar-refractivity contribution is 5.98. The smallest absolute Gasteiger partial charge is 0.230 e. The molecule has 1 aliphatic heterocycles. The molecule has 0 spiro atoms. The van der Waals surface area contributed by atoms with E-state index in [2.05, 4.69) is 15.3 Å². The maximum absolute atomic E-state index is 12.0. The lowest BCUT2D eigenvalue weighted by molar-refractivity contribution is -0.153. The Kier molecular flexibility index (Phi) is 4.01. The zero-order valence-electron chi connectivity index (χ0n) is 12.1. The molecule has 1 aliphatic rings. The van der Waals surface area contributed by atoms with E-state index < -0.39 is 0 Å². The van der Waals surface area contributed by atoms with Crippen molar-refractivity contribution < 1.29 is 9.59 Å². The second-order valence-corrected chi connectivity index (χ2v) is 5.81. The lowest BCUT2D eigenvalue weighted by Crippen LogP contribution is -2.45. The molecule has 1 aromatic rings. The van der Waals surface area contributed by atoms with Crippen LogP contribution in [0.4, 0.5) is 5.82 Å². The van der Waals surface area contributed by atoms with Crippen molar-refractivity contribution in [2.75, 3.05) is 11.9 Å². The maximum atomic E-state index is 12.0. The summed E-state index contributed by atoms with van der Waals surface area (Å²) in [6.07, 6.45) is 3.99. The number of carbonyl (C=O) groups is 2. The molecule has 0 saturated carbocycles. The molecule has 2 heterocycles. The summed E-state index contributed by atoms with van der Waals surface area (Å²) < 4.78 is 0. The van der Waals surface area contributed by atoms with Crippen molar-refractivity contribution in [3.05, 3.63) is 18.1 Å². The van der Waals surface area contributed by atoms with E-state index >= 15 is 0 Å². The third-order valence-corrected chi connectivity index (χ3v) is 3.24. The van der Waals surface area contributed by atoms with Gasteiger partial charge in [0.15, 0.2) is 0 Å². The Morgan fingerprint density at radius 3 is 2.35 bits per heavy atom.